The molecule has 1 aliphatic heterocycles. The van der Waals surface area contributed by atoms with Gasteiger partial charge < -0.3 is 9.47 Å². The summed E-state index contributed by atoms with van der Waals surface area (Å²) in [7, 11) is 0. The number of hydrogen-bond donors (Lipinski definition) is 0. The second kappa shape index (κ2) is 7.75. The molecular weight excluding hydrogens is 339 g/mol. The van der Waals surface area contributed by atoms with E-state index in [0.29, 0.717) is 11.6 Å². The lowest BCUT2D eigenvalue weighted by molar-refractivity contribution is 0.0893. The molecule has 1 aliphatic carbocycles. The summed E-state index contributed by atoms with van der Waals surface area (Å²) in [6.45, 7) is 6.96. The van der Waals surface area contributed by atoms with E-state index in [1.165, 1.54) is 37.8 Å². The van der Waals surface area contributed by atoms with Crippen LogP contribution in [0.2, 0.25) is 0 Å². The molecule has 1 saturated carbocycles. The summed E-state index contributed by atoms with van der Waals surface area (Å²) in [5.74, 6) is 1.44. The summed E-state index contributed by atoms with van der Waals surface area (Å²) in [5, 5.41) is 0.736. The molecule has 4 rings (SSSR count). The standard InChI is InChI=1S/C23H31FN2O/c1-16(2)17-3-6-20(7-4-17)25-11-9-21(10-12-25)26-14-18(15-27)22-13-19(24)5-8-23(22)26/h5,8,13-17,20-21H,3-4,6-7,9-12H2,1-2H3/t17-,20+. The van der Waals surface area contributed by atoms with Crippen LogP contribution in [0.1, 0.15) is 68.8 Å². The minimum atomic E-state index is -0.282. The van der Waals surface area contributed by atoms with Crippen LogP contribution in [-0.4, -0.2) is 34.9 Å². The number of aromatic nitrogens is 1. The molecule has 2 heterocycles. The molecule has 0 spiro atoms. The third-order valence-corrected chi connectivity index (χ3v) is 7.05. The van der Waals surface area contributed by atoms with Crippen LogP contribution in [0.25, 0.3) is 10.9 Å². The molecule has 0 bridgehead atoms. The van der Waals surface area contributed by atoms with E-state index in [9.17, 15) is 9.18 Å². The number of benzene rings is 1. The van der Waals surface area contributed by atoms with E-state index in [1.807, 2.05) is 12.3 Å². The number of carbonyl (C=O) groups is 1. The molecule has 0 unspecified atom stereocenters. The van der Waals surface area contributed by atoms with Gasteiger partial charge >= 0.3 is 0 Å². The number of carbonyl (C=O) groups excluding carboxylic acids is 1. The van der Waals surface area contributed by atoms with Crippen molar-refractivity contribution in [2.75, 3.05) is 13.1 Å². The van der Waals surface area contributed by atoms with Crippen molar-refractivity contribution < 1.29 is 9.18 Å². The van der Waals surface area contributed by atoms with Gasteiger partial charge in [0.2, 0.25) is 0 Å². The molecule has 1 aromatic carbocycles. The van der Waals surface area contributed by atoms with Gasteiger partial charge in [0.25, 0.3) is 0 Å². The van der Waals surface area contributed by atoms with Gasteiger partial charge in [-0.2, -0.15) is 0 Å². The number of hydrogen-bond acceptors (Lipinski definition) is 2. The Bertz CT molecular complexity index is 796. The highest BCUT2D eigenvalue weighted by molar-refractivity contribution is 5.97. The SMILES string of the molecule is CC(C)[C@H]1CC[C@@H](N2CCC(n3cc(C=O)c4cc(F)ccc43)CC2)CC1. The summed E-state index contributed by atoms with van der Waals surface area (Å²) in [5.41, 5.74) is 1.58. The van der Waals surface area contributed by atoms with Crippen molar-refractivity contribution in [3.8, 4) is 0 Å². The topological polar surface area (TPSA) is 25.2 Å². The second-order valence-corrected chi connectivity index (χ2v) is 8.85. The fraction of sp³-hybridized carbons (Fsp3) is 0.609. The van der Waals surface area contributed by atoms with Gasteiger partial charge in [0.15, 0.2) is 6.29 Å². The van der Waals surface area contributed by atoms with Crippen molar-refractivity contribution >= 4 is 17.2 Å². The first-order valence-corrected chi connectivity index (χ1v) is 10.6. The number of nitrogens with zero attached hydrogens (tertiary/aromatic N) is 2. The molecule has 3 nitrogen and oxygen atoms in total. The van der Waals surface area contributed by atoms with Crippen LogP contribution >= 0.6 is 0 Å². The lowest BCUT2D eigenvalue weighted by Crippen LogP contribution is -2.43. The molecular formula is C23H31FN2O. The number of aldehydes is 1. The Hall–Kier alpha value is -1.68. The van der Waals surface area contributed by atoms with E-state index in [-0.39, 0.29) is 5.82 Å². The Balaban J connectivity index is 1.43. The van der Waals surface area contributed by atoms with Gasteiger partial charge in [-0.25, -0.2) is 4.39 Å². The highest BCUT2D eigenvalue weighted by Gasteiger charge is 2.30. The number of fused-ring (bicyclic) bond motifs is 1. The van der Waals surface area contributed by atoms with Crippen LogP contribution < -0.4 is 0 Å². The Labute approximate surface area is 161 Å². The Morgan fingerprint density at radius 3 is 2.37 bits per heavy atom. The van der Waals surface area contributed by atoms with E-state index in [0.717, 1.165) is 61.0 Å². The van der Waals surface area contributed by atoms with Crippen LogP contribution in [0.5, 0.6) is 0 Å². The maximum Gasteiger partial charge on any atom is 0.152 e. The average Bonchev–Trinajstić information content (AvgIpc) is 3.06. The fourth-order valence-electron chi connectivity index (χ4n) is 5.31. The Morgan fingerprint density at radius 2 is 1.74 bits per heavy atom. The zero-order chi connectivity index (χ0) is 19.0. The summed E-state index contributed by atoms with van der Waals surface area (Å²) >= 11 is 0. The predicted octanol–water partition coefficient (Wildman–Crippen LogP) is 5.44. The average molecular weight is 371 g/mol. The van der Waals surface area contributed by atoms with Crippen molar-refractivity contribution in [2.24, 2.45) is 11.8 Å². The van der Waals surface area contributed by atoms with Crippen molar-refractivity contribution in [1.29, 1.82) is 0 Å². The van der Waals surface area contributed by atoms with E-state index in [1.54, 1.807) is 0 Å². The zero-order valence-electron chi connectivity index (χ0n) is 16.5. The maximum atomic E-state index is 13.6. The lowest BCUT2D eigenvalue weighted by atomic mass is 9.79. The number of piperidine rings is 1. The monoisotopic (exact) mass is 370 g/mol. The maximum absolute atomic E-state index is 13.6. The molecule has 1 saturated heterocycles. The van der Waals surface area contributed by atoms with Crippen LogP contribution in [0.15, 0.2) is 24.4 Å². The van der Waals surface area contributed by atoms with Gasteiger partial charge in [-0.05, 0) is 68.6 Å². The highest BCUT2D eigenvalue weighted by atomic mass is 19.1. The quantitative estimate of drug-likeness (QED) is 0.669. The molecule has 27 heavy (non-hydrogen) atoms. The van der Waals surface area contributed by atoms with E-state index < -0.39 is 0 Å². The van der Waals surface area contributed by atoms with Crippen molar-refractivity contribution in [1.82, 2.24) is 9.47 Å². The smallest absolute Gasteiger partial charge is 0.152 e. The summed E-state index contributed by atoms with van der Waals surface area (Å²) in [4.78, 5) is 14.1. The van der Waals surface area contributed by atoms with Gasteiger partial charge in [0, 0.05) is 47.8 Å². The van der Waals surface area contributed by atoms with Gasteiger partial charge in [-0.3, -0.25) is 4.79 Å². The van der Waals surface area contributed by atoms with Crippen molar-refractivity contribution in [3.05, 3.63) is 35.8 Å². The lowest BCUT2D eigenvalue weighted by Gasteiger charge is -2.42. The normalized spacial score (nSPS) is 25.3. The number of halogens is 1. The molecule has 0 N–H and O–H groups in total. The van der Waals surface area contributed by atoms with Gasteiger partial charge in [0.1, 0.15) is 5.82 Å². The predicted molar refractivity (Wildman–Crippen MR) is 108 cm³/mol. The summed E-state index contributed by atoms with van der Waals surface area (Å²) < 4.78 is 15.8. The first kappa shape index (κ1) is 18.7. The highest BCUT2D eigenvalue weighted by Crippen LogP contribution is 2.35. The van der Waals surface area contributed by atoms with Crippen LogP contribution in [0.4, 0.5) is 4.39 Å². The minimum absolute atomic E-state index is 0.282. The van der Waals surface area contributed by atoms with Crippen LogP contribution in [0.3, 0.4) is 0 Å². The summed E-state index contributed by atoms with van der Waals surface area (Å²) in [6, 6.07) is 5.95. The van der Waals surface area contributed by atoms with Gasteiger partial charge in [-0.1, -0.05) is 13.8 Å². The van der Waals surface area contributed by atoms with Gasteiger partial charge in [-0.15, -0.1) is 0 Å². The minimum Gasteiger partial charge on any atom is -0.344 e. The van der Waals surface area contributed by atoms with E-state index >= 15 is 0 Å². The first-order valence-electron chi connectivity index (χ1n) is 10.6. The zero-order valence-corrected chi connectivity index (χ0v) is 16.5. The molecule has 4 heteroatoms. The molecule has 0 amide bonds. The van der Waals surface area contributed by atoms with Crippen LogP contribution in [-0.2, 0) is 0 Å². The molecule has 146 valence electrons. The molecule has 0 radical (unpaired) electrons. The molecule has 0 atom stereocenters. The largest absolute Gasteiger partial charge is 0.344 e. The molecule has 2 aliphatic rings. The fourth-order valence-corrected chi connectivity index (χ4v) is 5.31. The van der Waals surface area contributed by atoms with E-state index in [2.05, 4.69) is 23.3 Å². The van der Waals surface area contributed by atoms with E-state index in [4.69, 9.17) is 0 Å². The first-order chi connectivity index (χ1) is 13.1. The van der Waals surface area contributed by atoms with Gasteiger partial charge in [0.05, 0.1) is 0 Å². The third kappa shape index (κ3) is 3.69. The Kier molecular flexibility index (Phi) is 5.36. The second-order valence-electron chi connectivity index (χ2n) is 8.85. The molecule has 2 aromatic rings. The number of likely N-dealkylation sites (tertiary alicyclic amines) is 1. The molecule has 2 fully saturated rings. The number of rotatable bonds is 4. The third-order valence-electron chi connectivity index (χ3n) is 7.05. The van der Waals surface area contributed by atoms with Crippen molar-refractivity contribution in [3.63, 3.8) is 0 Å². The Morgan fingerprint density at radius 1 is 1.04 bits per heavy atom. The molecule has 1 aromatic heterocycles. The summed E-state index contributed by atoms with van der Waals surface area (Å²) in [6.07, 6.45) is 10.4. The van der Waals surface area contributed by atoms with Crippen LogP contribution in [0, 0.1) is 17.7 Å². The van der Waals surface area contributed by atoms with Crippen molar-refractivity contribution in [2.45, 2.75) is 64.5 Å².